The van der Waals surface area contributed by atoms with E-state index in [0.717, 1.165) is 10.1 Å². The van der Waals surface area contributed by atoms with Gasteiger partial charge in [-0.2, -0.15) is 4.98 Å². The number of imidazole rings is 1. The lowest BCUT2D eigenvalue weighted by Crippen LogP contribution is -2.39. The zero-order chi connectivity index (χ0) is 16.7. The van der Waals surface area contributed by atoms with E-state index in [1.807, 2.05) is 44.2 Å². The molecule has 0 N–H and O–H groups in total. The van der Waals surface area contributed by atoms with E-state index in [0.29, 0.717) is 17.7 Å². The summed E-state index contributed by atoms with van der Waals surface area (Å²) in [6.07, 6.45) is 0. The molecular formula is C16H17ClN4O2. The van der Waals surface area contributed by atoms with Crippen molar-refractivity contribution in [1.29, 1.82) is 0 Å². The highest BCUT2D eigenvalue weighted by atomic mass is 35.5. The Morgan fingerprint density at radius 3 is 2.43 bits per heavy atom. The summed E-state index contributed by atoms with van der Waals surface area (Å²) in [7, 11) is 1.47. The van der Waals surface area contributed by atoms with Crippen molar-refractivity contribution in [1.82, 2.24) is 18.7 Å². The summed E-state index contributed by atoms with van der Waals surface area (Å²) in [5.74, 6) is 0. The molecule has 0 radical (unpaired) electrons. The minimum Gasteiger partial charge on any atom is -0.304 e. The molecule has 0 atom stereocenters. The fraction of sp³-hybridized carbons (Fsp3) is 0.312. The molecule has 6 nitrogen and oxygen atoms in total. The van der Waals surface area contributed by atoms with E-state index in [1.54, 1.807) is 4.57 Å². The summed E-state index contributed by atoms with van der Waals surface area (Å²) in [5.41, 5.74) is 0.887. The van der Waals surface area contributed by atoms with Crippen molar-refractivity contribution in [2.75, 3.05) is 0 Å². The Morgan fingerprint density at radius 2 is 1.83 bits per heavy atom. The van der Waals surface area contributed by atoms with Crippen molar-refractivity contribution >= 4 is 22.8 Å². The van der Waals surface area contributed by atoms with E-state index in [-0.39, 0.29) is 11.3 Å². The largest absolute Gasteiger partial charge is 0.332 e. The smallest absolute Gasteiger partial charge is 0.304 e. The van der Waals surface area contributed by atoms with Crippen molar-refractivity contribution < 1.29 is 0 Å². The first kappa shape index (κ1) is 15.6. The molecule has 0 aliphatic heterocycles. The van der Waals surface area contributed by atoms with Gasteiger partial charge < -0.3 is 4.57 Å². The van der Waals surface area contributed by atoms with E-state index in [1.165, 1.54) is 11.6 Å². The second-order valence-corrected chi connectivity index (χ2v) is 6.07. The monoisotopic (exact) mass is 332 g/mol. The molecule has 2 heterocycles. The van der Waals surface area contributed by atoms with Crippen LogP contribution in [0.15, 0.2) is 39.9 Å². The van der Waals surface area contributed by atoms with Gasteiger partial charge in [-0.15, -0.1) is 0 Å². The van der Waals surface area contributed by atoms with Gasteiger partial charge in [0, 0.05) is 13.1 Å². The number of hydrogen-bond acceptors (Lipinski definition) is 3. The average Bonchev–Trinajstić information content (AvgIpc) is 2.82. The van der Waals surface area contributed by atoms with Crippen molar-refractivity contribution in [2.45, 2.75) is 26.4 Å². The van der Waals surface area contributed by atoms with Crippen LogP contribution in [0, 0.1) is 0 Å². The number of nitrogens with zero attached hydrogens (tertiary/aromatic N) is 4. The van der Waals surface area contributed by atoms with E-state index in [4.69, 9.17) is 11.6 Å². The van der Waals surface area contributed by atoms with E-state index in [9.17, 15) is 9.59 Å². The van der Waals surface area contributed by atoms with Crippen LogP contribution in [0.2, 0.25) is 5.28 Å². The van der Waals surface area contributed by atoms with Crippen molar-refractivity contribution in [3.63, 3.8) is 0 Å². The second kappa shape index (κ2) is 5.70. The van der Waals surface area contributed by atoms with Crippen LogP contribution in [-0.4, -0.2) is 18.7 Å². The van der Waals surface area contributed by atoms with Gasteiger partial charge in [-0.05, 0) is 31.0 Å². The maximum absolute atomic E-state index is 12.6. The number of aromatic nitrogens is 4. The van der Waals surface area contributed by atoms with Gasteiger partial charge in [0.2, 0.25) is 5.28 Å². The van der Waals surface area contributed by atoms with Crippen molar-refractivity contribution in [3.05, 3.63) is 62.0 Å². The van der Waals surface area contributed by atoms with Gasteiger partial charge in [0.05, 0.1) is 6.54 Å². The molecule has 0 unspecified atom stereocenters. The molecule has 0 amide bonds. The SMILES string of the molecule is CC(C)n1c(=O)n(C)c(=O)c2c1nc(Cl)n2Cc1ccccc1. The van der Waals surface area contributed by atoms with Crippen LogP contribution in [-0.2, 0) is 13.6 Å². The van der Waals surface area contributed by atoms with Crippen LogP contribution in [0.25, 0.3) is 11.2 Å². The van der Waals surface area contributed by atoms with E-state index in [2.05, 4.69) is 4.98 Å². The zero-order valence-corrected chi connectivity index (χ0v) is 13.9. The Balaban J connectivity index is 2.35. The highest BCUT2D eigenvalue weighted by Gasteiger charge is 2.20. The minimum atomic E-state index is -0.391. The molecule has 3 rings (SSSR count). The van der Waals surface area contributed by atoms with Crippen LogP contribution >= 0.6 is 11.6 Å². The van der Waals surface area contributed by atoms with Crippen molar-refractivity contribution in [3.8, 4) is 0 Å². The molecule has 23 heavy (non-hydrogen) atoms. The first-order valence-electron chi connectivity index (χ1n) is 7.33. The number of fused-ring (bicyclic) bond motifs is 1. The third-order valence-corrected chi connectivity index (χ3v) is 4.12. The predicted molar refractivity (Wildman–Crippen MR) is 90.2 cm³/mol. The normalized spacial score (nSPS) is 11.5. The second-order valence-electron chi connectivity index (χ2n) is 5.74. The molecule has 2 aromatic heterocycles. The van der Waals surface area contributed by atoms with Gasteiger partial charge in [0.15, 0.2) is 11.2 Å². The van der Waals surface area contributed by atoms with Crippen LogP contribution in [0.5, 0.6) is 0 Å². The van der Waals surface area contributed by atoms with Gasteiger partial charge >= 0.3 is 5.69 Å². The summed E-state index contributed by atoms with van der Waals surface area (Å²) in [6.45, 7) is 4.16. The quantitative estimate of drug-likeness (QED) is 0.691. The maximum Gasteiger partial charge on any atom is 0.332 e. The third-order valence-electron chi connectivity index (χ3n) is 3.83. The first-order valence-corrected chi connectivity index (χ1v) is 7.70. The summed E-state index contributed by atoms with van der Waals surface area (Å²) in [4.78, 5) is 29.2. The molecule has 0 bridgehead atoms. The Kier molecular flexibility index (Phi) is 3.85. The number of hydrogen-bond donors (Lipinski definition) is 0. The molecule has 0 spiro atoms. The lowest BCUT2D eigenvalue weighted by Gasteiger charge is -2.12. The highest BCUT2D eigenvalue weighted by molar-refractivity contribution is 6.29. The minimum absolute atomic E-state index is 0.132. The molecule has 3 aromatic rings. The van der Waals surface area contributed by atoms with Gasteiger partial charge in [0.25, 0.3) is 5.56 Å². The molecule has 0 fully saturated rings. The van der Waals surface area contributed by atoms with Crippen LogP contribution < -0.4 is 11.2 Å². The Labute approximate surface area is 137 Å². The molecule has 1 aromatic carbocycles. The topological polar surface area (TPSA) is 61.8 Å². The number of rotatable bonds is 3. The van der Waals surface area contributed by atoms with Crippen molar-refractivity contribution in [2.24, 2.45) is 7.05 Å². The first-order chi connectivity index (χ1) is 10.9. The van der Waals surface area contributed by atoms with E-state index >= 15 is 0 Å². The Hall–Kier alpha value is -2.34. The van der Waals surface area contributed by atoms with Crippen LogP contribution in [0.1, 0.15) is 25.5 Å². The van der Waals surface area contributed by atoms with Gasteiger partial charge in [-0.25, -0.2) is 4.79 Å². The Morgan fingerprint density at radius 1 is 1.17 bits per heavy atom. The highest BCUT2D eigenvalue weighted by Crippen LogP contribution is 2.19. The summed E-state index contributed by atoms with van der Waals surface area (Å²) >= 11 is 6.26. The molecule has 0 aliphatic rings. The van der Waals surface area contributed by atoms with Crippen LogP contribution in [0.3, 0.4) is 0 Å². The summed E-state index contributed by atoms with van der Waals surface area (Å²) in [5, 5.41) is 0.195. The standard InChI is InChI=1S/C16H17ClN4O2/c1-10(2)21-13-12(14(22)19(3)16(21)23)20(15(17)18-13)9-11-7-5-4-6-8-11/h4-8,10H,9H2,1-3H3. The summed E-state index contributed by atoms with van der Waals surface area (Å²) in [6, 6.07) is 9.53. The maximum atomic E-state index is 12.6. The molecule has 0 saturated carbocycles. The van der Waals surface area contributed by atoms with Gasteiger partial charge in [-0.1, -0.05) is 30.3 Å². The summed E-state index contributed by atoms with van der Waals surface area (Å²) < 4.78 is 4.23. The number of benzene rings is 1. The molecule has 7 heteroatoms. The zero-order valence-electron chi connectivity index (χ0n) is 13.2. The van der Waals surface area contributed by atoms with Crippen LogP contribution in [0.4, 0.5) is 0 Å². The average molecular weight is 333 g/mol. The fourth-order valence-corrected chi connectivity index (χ4v) is 2.89. The fourth-order valence-electron chi connectivity index (χ4n) is 2.67. The molecular weight excluding hydrogens is 316 g/mol. The third kappa shape index (κ3) is 2.49. The molecule has 120 valence electrons. The number of halogens is 1. The lowest BCUT2D eigenvalue weighted by molar-refractivity contribution is 0.551. The van der Waals surface area contributed by atoms with E-state index < -0.39 is 11.2 Å². The Bertz CT molecular complexity index is 983. The molecule has 0 aliphatic carbocycles. The van der Waals surface area contributed by atoms with Gasteiger partial charge in [-0.3, -0.25) is 13.9 Å². The van der Waals surface area contributed by atoms with Gasteiger partial charge in [0.1, 0.15) is 0 Å². The predicted octanol–water partition coefficient (Wildman–Crippen LogP) is 2.18. The molecule has 0 saturated heterocycles. The lowest BCUT2D eigenvalue weighted by atomic mass is 10.2.